The van der Waals surface area contributed by atoms with Gasteiger partial charge in [0.1, 0.15) is 0 Å². The van der Waals surface area contributed by atoms with Crippen molar-refractivity contribution in [1.82, 2.24) is 10.4 Å². The third-order valence-electron chi connectivity index (χ3n) is 1.49. The van der Waals surface area contributed by atoms with Crippen LogP contribution in [0.4, 0.5) is 0 Å². The van der Waals surface area contributed by atoms with Gasteiger partial charge in [0.05, 0.1) is 11.4 Å². The highest BCUT2D eigenvalue weighted by Gasteiger charge is 1.96. The molecule has 1 rings (SSSR count). The fraction of sp³-hybridized carbons (Fsp3) is 0.250. The van der Waals surface area contributed by atoms with Crippen molar-refractivity contribution in [2.45, 2.75) is 6.92 Å². The Morgan fingerprint density at radius 1 is 1.69 bits per heavy atom. The predicted molar refractivity (Wildman–Crippen MR) is 62.3 cm³/mol. The minimum atomic E-state index is 0.672. The largest absolute Gasteiger partial charge is 0.360 e. The summed E-state index contributed by atoms with van der Waals surface area (Å²) in [7, 11) is 0. The first kappa shape index (κ1) is 10.3. The number of H-pyrrole nitrogens is 1. The van der Waals surface area contributed by atoms with Crippen LogP contribution in [0.2, 0.25) is 0 Å². The van der Waals surface area contributed by atoms with E-state index in [0.29, 0.717) is 4.32 Å². The number of thiocarbonyl (C=S) groups is 1. The molecule has 70 valence electrons. The Bertz CT molecular complexity index is 303. The molecule has 0 aliphatic heterocycles. The van der Waals surface area contributed by atoms with E-state index >= 15 is 0 Å². The summed E-state index contributed by atoms with van der Waals surface area (Å²) in [5.74, 6) is 0. The first-order valence-electron chi connectivity index (χ1n) is 3.76. The molecule has 13 heavy (non-hydrogen) atoms. The Morgan fingerprint density at radius 2 is 2.46 bits per heavy atom. The molecule has 0 saturated heterocycles. The molecule has 1 heterocycles. The van der Waals surface area contributed by atoms with Gasteiger partial charge in [-0.15, -0.1) is 0 Å². The molecule has 5 heteroatoms. The Hall–Kier alpha value is -0.810. The maximum absolute atomic E-state index is 4.94. The van der Waals surface area contributed by atoms with E-state index in [9.17, 15) is 0 Å². The van der Waals surface area contributed by atoms with Crippen LogP contribution < -0.4 is 5.43 Å². The lowest BCUT2D eigenvalue weighted by atomic mass is 10.3. The Balaban J connectivity index is 2.57. The van der Waals surface area contributed by atoms with Crippen molar-refractivity contribution in [3.63, 3.8) is 0 Å². The highest BCUT2D eigenvalue weighted by Crippen LogP contribution is 1.98. The minimum absolute atomic E-state index is 0.672. The lowest BCUT2D eigenvalue weighted by Gasteiger charge is -1.99. The van der Waals surface area contributed by atoms with Gasteiger partial charge in [0.2, 0.25) is 0 Å². The Labute approximate surface area is 87.0 Å². The molecule has 0 amide bonds. The minimum Gasteiger partial charge on any atom is -0.360 e. The predicted octanol–water partition coefficient (Wildman–Crippen LogP) is 1.98. The standard InChI is InChI=1S/C8H11N3S2/c1-6(7-4-3-5-9-7)10-11-8(12)13-2/h3-5,9H,1-2H3,(H,11,12)/b10-6-. The second kappa shape index (κ2) is 5.04. The van der Waals surface area contributed by atoms with Crippen LogP contribution >= 0.6 is 24.0 Å². The monoisotopic (exact) mass is 213 g/mol. The number of hydrazone groups is 1. The van der Waals surface area contributed by atoms with Crippen molar-refractivity contribution in [2.24, 2.45) is 5.10 Å². The highest BCUT2D eigenvalue weighted by molar-refractivity contribution is 8.22. The maximum Gasteiger partial charge on any atom is 0.153 e. The van der Waals surface area contributed by atoms with E-state index in [-0.39, 0.29) is 0 Å². The topological polar surface area (TPSA) is 40.2 Å². The molecule has 1 aromatic rings. The van der Waals surface area contributed by atoms with Crippen LogP contribution in [0.5, 0.6) is 0 Å². The lowest BCUT2D eigenvalue weighted by Crippen LogP contribution is -2.13. The van der Waals surface area contributed by atoms with Gasteiger partial charge in [-0.1, -0.05) is 24.0 Å². The summed E-state index contributed by atoms with van der Waals surface area (Å²) in [6, 6.07) is 3.89. The van der Waals surface area contributed by atoms with Gasteiger partial charge in [0.25, 0.3) is 0 Å². The van der Waals surface area contributed by atoms with Crippen molar-refractivity contribution in [1.29, 1.82) is 0 Å². The molecule has 2 N–H and O–H groups in total. The van der Waals surface area contributed by atoms with Gasteiger partial charge >= 0.3 is 0 Å². The van der Waals surface area contributed by atoms with E-state index in [0.717, 1.165) is 11.4 Å². The second-order valence-corrected chi connectivity index (χ2v) is 3.87. The van der Waals surface area contributed by atoms with E-state index in [1.807, 2.05) is 31.5 Å². The molecule has 0 unspecified atom stereocenters. The number of nitrogens with zero attached hydrogens (tertiary/aromatic N) is 1. The van der Waals surface area contributed by atoms with E-state index in [2.05, 4.69) is 15.5 Å². The highest BCUT2D eigenvalue weighted by atomic mass is 32.2. The lowest BCUT2D eigenvalue weighted by molar-refractivity contribution is 1.05. The Kier molecular flexibility index (Phi) is 3.98. The summed E-state index contributed by atoms with van der Waals surface area (Å²) in [5.41, 5.74) is 4.67. The van der Waals surface area contributed by atoms with Gasteiger partial charge < -0.3 is 4.98 Å². The van der Waals surface area contributed by atoms with Crippen molar-refractivity contribution in [2.75, 3.05) is 6.26 Å². The molecule has 0 radical (unpaired) electrons. The fourth-order valence-corrected chi connectivity index (χ4v) is 0.973. The third-order valence-corrected chi connectivity index (χ3v) is 2.54. The summed E-state index contributed by atoms with van der Waals surface area (Å²) in [6.07, 6.45) is 3.77. The molecule has 0 spiro atoms. The number of rotatable bonds is 2. The van der Waals surface area contributed by atoms with Crippen LogP contribution in [-0.4, -0.2) is 21.3 Å². The van der Waals surface area contributed by atoms with Gasteiger partial charge in [-0.3, -0.25) is 5.43 Å². The van der Waals surface area contributed by atoms with E-state index in [4.69, 9.17) is 12.2 Å². The third kappa shape index (κ3) is 3.20. The molecule has 0 aromatic carbocycles. The number of hydrogen-bond donors (Lipinski definition) is 2. The molecule has 1 aromatic heterocycles. The van der Waals surface area contributed by atoms with Crippen molar-refractivity contribution in [3.8, 4) is 0 Å². The van der Waals surface area contributed by atoms with Crippen LogP contribution in [0.1, 0.15) is 12.6 Å². The molecule has 0 fully saturated rings. The summed E-state index contributed by atoms with van der Waals surface area (Å²) in [5, 5.41) is 4.11. The molecule has 0 bridgehead atoms. The van der Waals surface area contributed by atoms with Gasteiger partial charge in [0, 0.05) is 6.20 Å². The fourth-order valence-electron chi connectivity index (χ4n) is 0.791. The number of nitrogens with one attached hydrogen (secondary N) is 2. The van der Waals surface area contributed by atoms with E-state index in [1.165, 1.54) is 11.8 Å². The Morgan fingerprint density at radius 3 is 3.00 bits per heavy atom. The van der Waals surface area contributed by atoms with Gasteiger partial charge in [0.15, 0.2) is 4.32 Å². The summed E-state index contributed by atoms with van der Waals surface area (Å²) in [6.45, 7) is 1.92. The van der Waals surface area contributed by atoms with Gasteiger partial charge in [-0.25, -0.2) is 0 Å². The average molecular weight is 213 g/mol. The quantitative estimate of drug-likeness (QED) is 0.448. The van der Waals surface area contributed by atoms with Crippen LogP contribution in [-0.2, 0) is 0 Å². The zero-order chi connectivity index (χ0) is 9.68. The summed E-state index contributed by atoms with van der Waals surface area (Å²) >= 11 is 6.40. The van der Waals surface area contributed by atoms with Crippen molar-refractivity contribution in [3.05, 3.63) is 24.0 Å². The number of aromatic amines is 1. The molecule has 0 atom stereocenters. The smallest absolute Gasteiger partial charge is 0.153 e. The second-order valence-electron chi connectivity index (χ2n) is 2.38. The zero-order valence-electron chi connectivity index (χ0n) is 7.50. The SMILES string of the molecule is CSC(=S)N/N=C(/C)c1ccc[nH]1. The van der Waals surface area contributed by atoms with E-state index in [1.54, 1.807) is 0 Å². The van der Waals surface area contributed by atoms with E-state index < -0.39 is 0 Å². The first-order chi connectivity index (χ1) is 6.24. The molecular weight excluding hydrogens is 202 g/mol. The normalized spacial score (nSPS) is 11.4. The average Bonchev–Trinajstić information content (AvgIpc) is 2.66. The van der Waals surface area contributed by atoms with Crippen molar-refractivity contribution >= 4 is 34.0 Å². The molecule has 0 saturated carbocycles. The molecule has 3 nitrogen and oxygen atoms in total. The summed E-state index contributed by atoms with van der Waals surface area (Å²) in [4.78, 5) is 3.06. The zero-order valence-corrected chi connectivity index (χ0v) is 9.13. The van der Waals surface area contributed by atoms with Crippen LogP contribution in [0.25, 0.3) is 0 Å². The van der Waals surface area contributed by atoms with Crippen LogP contribution in [0.3, 0.4) is 0 Å². The van der Waals surface area contributed by atoms with Crippen molar-refractivity contribution < 1.29 is 0 Å². The number of hydrogen-bond acceptors (Lipinski definition) is 3. The maximum atomic E-state index is 4.94. The molecule has 0 aliphatic rings. The van der Waals surface area contributed by atoms with Gasteiger partial charge in [-0.05, 0) is 25.3 Å². The summed E-state index contributed by atoms with van der Waals surface area (Å²) < 4.78 is 0.672. The molecule has 0 aliphatic carbocycles. The van der Waals surface area contributed by atoms with Crippen LogP contribution in [0, 0.1) is 0 Å². The first-order valence-corrected chi connectivity index (χ1v) is 5.39. The van der Waals surface area contributed by atoms with Crippen LogP contribution in [0.15, 0.2) is 23.4 Å². The number of thioether (sulfide) groups is 1. The number of aromatic nitrogens is 1. The molecular formula is C8H11N3S2. The van der Waals surface area contributed by atoms with Gasteiger partial charge in [-0.2, -0.15) is 5.10 Å².